The Morgan fingerprint density at radius 3 is 2.52 bits per heavy atom. The van der Waals surface area contributed by atoms with Gasteiger partial charge in [0.2, 0.25) is 0 Å². The van der Waals surface area contributed by atoms with Crippen LogP contribution in [0.3, 0.4) is 0 Å². The van der Waals surface area contributed by atoms with Gasteiger partial charge in [-0.1, -0.05) is 28.1 Å². The van der Waals surface area contributed by atoms with Gasteiger partial charge in [-0.25, -0.2) is 8.42 Å². The van der Waals surface area contributed by atoms with Gasteiger partial charge in [0, 0.05) is 8.95 Å². The average Bonchev–Trinajstić information content (AvgIpc) is 2.44. The van der Waals surface area contributed by atoms with Crippen molar-refractivity contribution >= 4 is 47.6 Å². The largest absolute Gasteiger partial charge is 0.495 e. The lowest BCUT2D eigenvalue weighted by Crippen LogP contribution is -2.14. The molecule has 4 nitrogen and oxygen atoms in total. The number of ether oxygens (including phenoxy) is 1. The molecular formula is C14H13Br2NO3S. The number of rotatable bonds is 4. The Morgan fingerprint density at radius 2 is 1.86 bits per heavy atom. The number of sulfonamides is 1. The van der Waals surface area contributed by atoms with Gasteiger partial charge in [0.15, 0.2) is 0 Å². The number of aryl methyl sites for hydroxylation is 1. The first-order valence-corrected chi connectivity index (χ1v) is 9.03. The van der Waals surface area contributed by atoms with Gasteiger partial charge in [-0.15, -0.1) is 0 Å². The van der Waals surface area contributed by atoms with Crippen molar-refractivity contribution in [2.45, 2.75) is 11.8 Å². The highest BCUT2D eigenvalue weighted by molar-refractivity contribution is 9.11. The molecule has 0 spiro atoms. The van der Waals surface area contributed by atoms with Gasteiger partial charge in [0.05, 0.1) is 12.8 Å². The second-order valence-corrected chi connectivity index (χ2v) is 7.70. The Hall–Kier alpha value is -1.05. The molecule has 0 amide bonds. The van der Waals surface area contributed by atoms with Crippen molar-refractivity contribution in [3.05, 3.63) is 50.9 Å². The van der Waals surface area contributed by atoms with Crippen LogP contribution in [0, 0.1) is 6.92 Å². The van der Waals surface area contributed by atoms with Crippen molar-refractivity contribution in [3.8, 4) is 5.75 Å². The molecule has 2 rings (SSSR count). The number of benzene rings is 2. The molecule has 0 aliphatic rings. The van der Waals surface area contributed by atoms with E-state index in [9.17, 15) is 8.42 Å². The van der Waals surface area contributed by atoms with Crippen molar-refractivity contribution in [1.29, 1.82) is 0 Å². The predicted molar refractivity (Wildman–Crippen MR) is 90.4 cm³/mol. The van der Waals surface area contributed by atoms with Crippen LogP contribution in [0.1, 0.15) is 5.56 Å². The summed E-state index contributed by atoms with van der Waals surface area (Å²) < 4.78 is 34.2. The zero-order valence-corrected chi connectivity index (χ0v) is 15.3. The molecule has 21 heavy (non-hydrogen) atoms. The summed E-state index contributed by atoms with van der Waals surface area (Å²) in [7, 11) is -2.32. The van der Waals surface area contributed by atoms with Crippen molar-refractivity contribution in [3.63, 3.8) is 0 Å². The summed E-state index contributed by atoms with van der Waals surface area (Å²) in [6.07, 6.45) is 0. The van der Waals surface area contributed by atoms with Crippen molar-refractivity contribution < 1.29 is 13.2 Å². The number of anilines is 1. The fraction of sp³-hybridized carbons (Fsp3) is 0.143. The standard InChI is InChI=1S/C14H13Br2NO3S/c1-9-4-3-5-11(14(9)16)17-21(18,19)13-8-10(15)6-7-12(13)20-2/h3-8,17H,1-2H3. The monoisotopic (exact) mass is 433 g/mol. The topological polar surface area (TPSA) is 55.4 Å². The maximum atomic E-state index is 12.6. The first kappa shape index (κ1) is 16.3. The molecule has 0 radical (unpaired) electrons. The van der Waals surface area contributed by atoms with Gasteiger partial charge >= 0.3 is 0 Å². The zero-order chi connectivity index (χ0) is 15.6. The maximum absolute atomic E-state index is 12.6. The SMILES string of the molecule is COc1ccc(Br)cc1S(=O)(=O)Nc1cccc(C)c1Br. The Labute approximate surface area is 140 Å². The smallest absolute Gasteiger partial charge is 0.265 e. The highest BCUT2D eigenvalue weighted by Crippen LogP contribution is 2.32. The quantitative estimate of drug-likeness (QED) is 0.778. The number of methoxy groups -OCH3 is 1. The lowest BCUT2D eigenvalue weighted by molar-refractivity contribution is 0.403. The van der Waals surface area contributed by atoms with E-state index in [0.717, 1.165) is 5.56 Å². The van der Waals surface area contributed by atoms with Crippen molar-refractivity contribution in [2.75, 3.05) is 11.8 Å². The van der Waals surface area contributed by atoms with Crippen LogP contribution in [0.5, 0.6) is 5.75 Å². The van der Waals surface area contributed by atoms with E-state index in [1.54, 1.807) is 24.3 Å². The molecule has 1 N–H and O–H groups in total. The molecule has 0 heterocycles. The van der Waals surface area contributed by atoms with E-state index in [1.165, 1.54) is 13.2 Å². The minimum atomic E-state index is -3.75. The number of hydrogen-bond acceptors (Lipinski definition) is 3. The molecule has 2 aromatic rings. The Kier molecular flexibility index (Phi) is 4.95. The molecule has 0 saturated heterocycles. The van der Waals surface area contributed by atoms with E-state index in [2.05, 4.69) is 36.6 Å². The van der Waals surface area contributed by atoms with Crippen molar-refractivity contribution in [1.82, 2.24) is 0 Å². The Morgan fingerprint density at radius 1 is 1.14 bits per heavy atom. The van der Waals surface area contributed by atoms with Gasteiger partial charge in [-0.2, -0.15) is 0 Å². The lowest BCUT2D eigenvalue weighted by atomic mass is 10.2. The third-order valence-electron chi connectivity index (χ3n) is 2.85. The van der Waals surface area contributed by atoms with Crippen LogP contribution >= 0.6 is 31.9 Å². The number of halogens is 2. The molecule has 112 valence electrons. The summed E-state index contributed by atoms with van der Waals surface area (Å²) in [5.41, 5.74) is 1.42. The minimum Gasteiger partial charge on any atom is -0.495 e. The molecule has 0 bridgehead atoms. The van der Waals surface area contributed by atoms with E-state index in [4.69, 9.17) is 4.74 Å². The third-order valence-corrected chi connectivity index (χ3v) is 5.78. The first-order chi connectivity index (χ1) is 9.85. The second-order valence-electron chi connectivity index (χ2n) is 4.34. The molecule has 2 aromatic carbocycles. The number of nitrogens with one attached hydrogen (secondary N) is 1. The first-order valence-electron chi connectivity index (χ1n) is 5.96. The molecule has 0 aliphatic heterocycles. The highest BCUT2D eigenvalue weighted by Gasteiger charge is 2.21. The summed E-state index contributed by atoms with van der Waals surface area (Å²) >= 11 is 6.66. The average molecular weight is 435 g/mol. The fourth-order valence-electron chi connectivity index (χ4n) is 1.79. The van der Waals surface area contributed by atoms with E-state index in [-0.39, 0.29) is 10.6 Å². The fourth-order valence-corrected chi connectivity index (χ4v) is 4.06. The zero-order valence-electron chi connectivity index (χ0n) is 11.4. The Balaban J connectivity index is 2.48. The maximum Gasteiger partial charge on any atom is 0.265 e. The van der Waals surface area contributed by atoms with Crippen LogP contribution in [0.2, 0.25) is 0 Å². The summed E-state index contributed by atoms with van der Waals surface area (Å²) in [6.45, 7) is 1.89. The lowest BCUT2D eigenvalue weighted by Gasteiger charge is -2.13. The molecule has 0 atom stereocenters. The van der Waals surface area contributed by atoms with Crippen LogP contribution in [0.25, 0.3) is 0 Å². The molecule has 0 aliphatic carbocycles. The normalized spacial score (nSPS) is 11.2. The van der Waals surface area contributed by atoms with E-state index >= 15 is 0 Å². The van der Waals surface area contributed by atoms with Crippen molar-refractivity contribution in [2.24, 2.45) is 0 Å². The number of hydrogen-bond donors (Lipinski definition) is 1. The van der Waals surface area contributed by atoms with Crippen LogP contribution in [0.4, 0.5) is 5.69 Å². The van der Waals surface area contributed by atoms with Gasteiger partial charge in [0.1, 0.15) is 10.6 Å². The second kappa shape index (κ2) is 6.37. The minimum absolute atomic E-state index is 0.0766. The molecule has 7 heteroatoms. The van der Waals surface area contributed by atoms with E-state index in [1.807, 2.05) is 13.0 Å². The van der Waals surface area contributed by atoms with E-state index < -0.39 is 10.0 Å². The van der Waals surface area contributed by atoms with Gasteiger partial charge in [0.25, 0.3) is 10.0 Å². The third kappa shape index (κ3) is 3.59. The van der Waals surface area contributed by atoms with Crippen LogP contribution < -0.4 is 9.46 Å². The molecule has 0 unspecified atom stereocenters. The summed E-state index contributed by atoms with van der Waals surface area (Å²) in [6, 6.07) is 10.2. The van der Waals surface area contributed by atoms with Gasteiger partial charge < -0.3 is 4.74 Å². The van der Waals surface area contributed by atoms with Crippen LogP contribution in [-0.2, 0) is 10.0 Å². The van der Waals surface area contributed by atoms with Crippen LogP contribution in [-0.4, -0.2) is 15.5 Å². The molecule has 0 aromatic heterocycles. The molecule has 0 saturated carbocycles. The highest BCUT2D eigenvalue weighted by atomic mass is 79.9. The predicted octanol–water partition coefficient (Wildman–Crippen LogP) is 4.33. The van der Waals surface area contributed by atoms with Gasteiger partial charge in [-0.05, 0) is 52.7 Å². The summed E-state index contributed by atoms with van der Waals surface area (Å²) in [4.78, 5) is 0.0766. The molecular weight excluding hydrogens is 422 g/mol. The van der Waals surface area contributed by atoms with Crippen LogP contribution in [0.15, 0.2) is 50.2 Å². The van der Waals surface area contributed by atoms with E-state index in [0.29, 0.717) is 14.6 Å². The summed E-state index contributed by atoms with van der Waals surface area (Å²) in [5, 5.41) is 0. The Bertz CT molecular complexity index is 776. The van der Waals surface area contributed by atoms with Gasteiger partial charge in [-0.3, -0.25) is 4.72 Å². The molecule has 0 fully saturated rings. The summed E-state index contributed by atoms with van der Waals surface area (Å²) in [5.74, 6) is 0.287.